The Labute approximate surface area is 175 Å². The van der Waals surface area contributed by atoms with Gasteiger partial charge < -0.3 is 15.4 Å². The molecule has 0 radical (unpaired) electrons. The molecule has 2 aromatic rings. The summed E-state index contributed by atoms with van der Waals surface area (Å²) in [5.74, 6) is -0.343. The number of pyridine rings is 1. The quantitative estimate of drug-likeness (QED) is 0.720. The molecule has 8 nitrogen and oxygen atoms in total. The number of aryl methyl sites for hydroxylation is 1. The third-order valence-electron chi connectivity index (χ3n) is 5.62. The molecule has 1 unspecified atom stereocenters. The molecule has 3 fully saturated rings. The SMILES string of the molecule is Cc1cnc(C(=O)NC2CC3(NC(=O)COc4ccc(C(F)(F)F)nc4)CC2C3)cn1. The lowest BCUT2D eigenvalue weighted by atomic mass is 9.76. The van der Waals surface area contributed by atoms with Crippen LogP contribution in [0.4, 0.5) is 13.2 Å². The molecule has 2 N–H and O–H groups in total. The van der Waals surface area contributed by atoms with Gasteiger partial charge in [0.1, 0.15) is 17.1 Å². The maximum absolute atomic E-state index is 12.5. The van der Waals surface area contributed by atoms with Crippen LogP contribution in [-0.2, 0) is 11.0 Å². The maximum atomic E-state index is 12.5. The fourth-order valence-electron chi connectivity index (χ4n) is 4.17. The zero-order valence-corrected chi connectivity index (χ0v) is 16.6. The number of hydrogen-bond acceptors (Lipinski definition) is 6. The summed E-state index contributed by atoms with van der Waals surface area (Å²) in [7, 11) is 0. The first kappa shape index (κ1) is 21.0. The number of hydrogen-bond donors (Lipinski definition) is 2. The van der Waals surface area contributed by atoms with Gasteiger partial charge in [0.2, 0.25) is 0 Å². The van der Waals surface area contributed by atoms with E-state index in [1.165, 1.54) is 12.4 Å². The number of nitrogens with one attached hydrogen (secondary N) is 2. The number of amides is 2. The molecule has 0 saturated heterocycles. The van der Waals surface area contributed by atoms with Crippen LogP contribution in [0.5, 0.6) is 5.75 Å². The zero-order chi connectivity index (χ0) is 22.2. The number of carbonyl (C=O) groups excluding carboxylic acids is 2. The lowest BCUT2D eigenvalue weighted by Crippen LogP contribution is -2.53. The summed E-state index contributed by atoms with van der Waals surface area (Å²) in [5, 5.41) is 5.89. The van der Waals surface area contributed by atoms with Gasteiger partial charge in [0.25, 0.3) is 11.8 Å². The van der Waals surface area contributed by atoms with E-state index in [0.29, 0.717) is 6.42 Å². The van der Waals surface area contributed by atoms with Crippen LogP contribution in [0, 0.1) is 12.8 Å². The second kappa shape index (κ2) is 7.78. The highest BCUT2D eigenvalue weighted by Crippen LogP contribution is 2.52. The molecule has 2 aromatic heterocycles. The van der Waals surface area contributed by atoms with E-state index in [4.69, 9.17) is 4.74 Å². The van der Waals surface area contributed by atoms with Crippen LogP contribution in [-0.4, -0.2) is 45.0 Å². The molecule has 3 saturated carbocycles. The van der Waals surface area contributed by atoms with Gasteiger partial charge in [-0.05, 0) is 44.2 Å². The standard InChI is InChI=1S/C20H20F3N5O3/c1-11-7-25-15(9-24-11)18(30)27-14-6-19(4-12(14)5-19)28-17(29)10-31-13-2-3-16(26-8-13)20(21,22)23/h2-3,7-9,12,14H,4-6,10H2,1H3,(H,27,30)(H,28,29). The van der Waals surface area contributed by atoms with Crippen molar-refractivity contribution in [3.8, 4) is 5.75 Å². The molecule has 164 valence electrons. The Kier molecular flexibility index (Phi) is 5.28. The summed E-state index contributed by atoms with van der Waals surface area (Å²) < 4.78 is 42.8. The summed E-state index contributed by atoms with van der Waals surface area (Å²) in [6, 6.07) is 1.84. The summed E-state index contributed by atoms with van der Waals surface area (Å²) in [5.41, 5.74) is -0.471. The van der Waals surface area contributed by atoms with Crippen molar-refractivity contribution in [1.82, 2.24) is 25.6 Å². The highest BCUT2D eigenvalue weighted by atomic mass is 19.4. The maximum Gasteiger partial charge on any atom is 0.433 e. The van der Waals surface area contributed by atoms with Gasteiger partial charge in [0.05, 0.1) is 18.1 Å². The number of alkyl halides is 3. The normalized spacial score (nSPS) is 24.3. The summed E-state index contributed by atoms with van der Waals surface area (Å²) in [6.45, 7) is 1.44. The number of aromatic nitrogens is 3. The summed E-state index contributed by atoms with van der Waals surface area (Å²) in [6.07, 6.45) is 1.43. The minimum atomic E-state index is -4.53. The van der Waals surface area contributed by atoms with Gasteiger partial charge in [0, 0.05) is 17.8 Å². The minimum absolute atomic E-state index is 0.0721. The monoisotopic (exact) mass is 435 g/mol. The van der Waals surface area contributed by atoms with E-state index in [1.807, 2.05) is 0 Å². The van der Waals surface area contributed by atoms with Crippen LogP contribution in [0.1, 0.15) is 41.1 Å². The van der Waals surface area contributed by atoms with E-state index in [-0.39, 0.29) is 41.8 Å². The third-order valence-corrected chi connectivity index (χ3v) is 5.62. The van der Waals surface area contributed by atoms with E-state index in [0.717, 1.165) is 36.9 Å². The molecule has 1 atom stereocenters. The molecule has 11 heteroatoms. The number of fused-ring (bicyclic) bond motifs is 1. The van der Waals surface area contributed by atoms with E-state index < -0.39 is 17.4 Å². The Morgan fingerprint density at radius 2 is 1.90 bits per heavy atom. The van der Waals surface area contributed by atoms with Crippen molar-refractivity contribution >= 4 is 11.8 Å². The van der Waals surface area contributed by atoms with Crippen molar-refractivity contribution < 1.29 is 27.5 Å². The van der Waals surface area contributed by atoms with Crippen LogP contribution in [0.25, 0.3) is 0 Å². The number of rotatable bonds is 6. The van der Waals surface area contributed by atoms with Crippen LogP contribution in [0.15, 0.2) is 30.7 Å². The second-order valence-corrected chi connectivity index (χ2v) is 7.99. The van der Waals surface area contributed by atoms with E-state index in [1.54, 1.807) is 6.92 Å². The average molecular weight is 435 g/mol. The summed E-state index contributed by atoms with van der Waals surface area (Å²) >= 11 is 0. The first-order chi connectivity index (χ1) is 14.6. The molecular formula is C20H20F3N5O3. The first-order valence-electron chi connectivity index (χ1n) is 9.70. The lowest BCUT2D eigenvalue weighted by molar-refractivity contribution is -0.141. The Bertz CT molecular complexity index is 973. The first-order valence-corrected chi connectivity index (χ1v) is 9.70. The fourth-order valence-corrected chi connectivity index (χ4v) is 4.17. The molecule has 3 aliphatic carbocycles. The molecule has 2 amide bonds. The van der Waals surface area contributed by atoms with Crippen molar-refractivity contribution in [1.29, 1.82) is 0 Å². The Hall–Kier alpha value is -3.24. The molecule has 0 aromatic carbocycles. The van der Waals surface area contributed by atoms with E-state index in [2.05, 4.69) is 25.6 Å². The van der Waals surface area contributed by atoms with Crippen LogP contribution in [0.2, 0.25) is 0 Å². The van der Waals surface area contributed by atoms with Gasteiger partial charge in [-0.3, -0.25) is 14.6 Å². The largest absolute Gasteiger partial charge is 0.482 e. The van der Waals surface area contributed by atoms with Crippen molar-refractivity contribution in [3.63, 3.8) is 0 Å². The van der Waals surface area contributed by atoms with Crippen LogP contribution < -0.4 is 15.4 Å². The Morgan fingerprint density at radius 1 is 1.13 bits per heavy atom. The van der Waals surface area contributed by atoms with Gasteiger partial charge in [-0.15, -0.1) is 0 Å². The molecule has 0 spiro atoms. The molecule has 3 aliphatic rings. The van der Waals surface area contributed by atoms with Crippen molar-refractivity contribution in [2.75, 3.05) is 6.61 Å². The van der Waals surface area contributed by atoms with Gasteiger partial charge in [-0.1, -0.05) is 0 Å². The highest BCUT2D eigenvalue weighted by molar-refractivity contribution is 5.92. The predicted molar refractivity (Wildman–Crippen MR) is 101 cm³/mol. The predicted octanol–water partition coefficient (Wildman–Crippen LogP) is 2.04. The molecule has 31 heavy (non-hydrogen) atoms. The summed E-state index contributed by atoms with van der Waals surface area (Å²) in [4.78, 5) is 36.0. The van der Waals surface area contributed by atoms with Gasteiger partial charge >= 0.3 is 6.18 Å². The molecular weight excluding hydrogens is 415 g/mol. The average Bonchev–Trinajstić information content (AvgIpc) is 3.20. The molecule has 0 aliphatic heterocycles. The zero-order valence-electron chi connectivity index (χ0n) is 16.6. The van der Waals surface area contributed by atoms with Gasteiger partial charge in [0.15, 0.2) is 6.61 Å². The van der Waals surface area contributed by atoms with E-state index in [9.17, 15) is 22.8 Å². The van der Waals surface area contributed by atoms with Crippen molar-refractivity contribution in [2.24, 2.45) is 5.92 Å². The molecule has 5 rings (SSSR count). The minimum Gasteiger partial charge on any atom is -0.482 e. The van der Waals surface area contributed by atoms with Crippen molar-refractivity contribution in [2.45, 2.75) is 43.9 Å². The van der Waals surface area contributed by atoms with Crippen molar-refractivity contribution in [3.05, 3.63) is 47.8 Å². The molecule has 2 bridgehead atoms. The third kappa shape index (κ3) is 4.59. The van der Waals surface area contributed by atoms with Gasteiger partial charge in [-0.2, -0.15) is 13.2 Å². The topological polar surface area (TPSA) is 106 Å². The Morgan fingerprint density at radius 3 is 2.52 bits per heavy atom. The number of nitrogens with zero attached hydrogens (tertiary/aromatic N) is 3. The van der Waals surface area contributed by atoms with E-state index >= 15 is 0 Å². The lowest BCUT2D eigenvalue weighted by Gasteiger charge is -2.39. The van der Waals surface area contributed by atoms with Gasteiger partial charge in [-0.25, -0.2) is 9.97 Å². The highest BCUT2D eigenvalue weighted by Gasteiger charge is 2.57. The molecule has 2 heterocycles. The Balaban J connectivity index is 1.25. The van der Waals surface area contributed by atoms with Crippen LogP contribution in [0.3, 0.4) is 0 Å². The van der Waals surface area contributed by atoms with Crippen LogP contribution >= 0.6 is 0 Å². The fraction of sp³-hybridized carbons (Fsp3) is 0.450. The number of carbonyl (C=O) groups is 2. The smallest absolute Gasteiger partial charge is 0.433 e. The number of halogens is 3. The second-order valence-electron chi connectivity index (χ2n) is 7.99. The number of ether oxygens (including phenoxy) is 1.